The zero-order valence-electron chi connectivity index (χ0n) is 14.4. The molecule has 1 aliphatic rings. The number of hydrogen-bond donors (Lipinski definition) is 0. The average Bonchev–Trinajstić information content (AvgIpc) is 2.89. The van der Waals surface area contributed by atoms with Crippen LogP contribution < -0.4 is 4.90 Å². The van der Waals surface area contributed by atoms with Crippen molar-refractivity contribution in [2.24, 2.45) is 0 Å². The van der Waals surface area contributed by atoms with Gasteiger partial charge in [-0.1, -0.05) is 12.1 Å². The molecule has 0 bridgehead atoms. The fourth-order valence-electron chi connectivity index (χ4n) is 3.75. The molecule has 3 aromatic heterocycles. The molecule has 126 valence electrons. The van der Waals surface area contributed by atoms with Crippen LogP contribution in [0, 0.1) is 0 Å². The number of nitrogens with zero attached hydrogens (tertiary/aromatic N) is 5. The predicted octanol–water partition coefficient (Wildman–Crippen LogP) is 3.18. The van der Waals surface area contributed by atoms with E-state index < -0.39 is 0 Å². The Morgan fingerprint density at radius 3 is 2.68 bits per heavy atom. The molecule has 4 heterocycles. The molecular weight excluding hydrogens is 310 g/mol. The van der Waals surface area contributed by atoms with E-state index in [0.717, 1.165) is 59.7 Å². The lowest BCUT2D eigenvalue weighted by molar-refractivity contribution is 0.360. The zero-order chi connectivity index (χ0) is 16.8. The topological polar surface area (TPSA) is 36.7 Å². The molecule has 0 amide bonds. The van der Waals surface area contributed by atoms with Crippen LogP contribution in [0.4, 0.5) is 5.82 Å². The maximum absolute atomic E-state index is 5.05. The molecule has 5 rings (SSSR count). The van der Waals surface area contributed by atoms with Gasteiger partial charge in [0.1, 0.15) is 17.1 Å². The van der Waals surface area contributed by atoms with Crippen LogP contribution in [-0.2, 0) is 0 Å². The molecule has 0 aliphatic carbocycles. The van der Waals surface area contributed by atoms with Gasteiger partial charge in [-0.2, -0.15) is 0 Å². The van der Waals surface area contributed by atoms with E-state index in [1.54, 1.807) is 0 Å². The largest absolute Gasteiger partial charge is 0.355 e. The van der Waals surface area contributed by atoms with Gasteiger partial charge in [-0.3, -0.25) is 4.40 Å². The van der Waals surface area contributed by atoms with Crippen LogP contribution in [0.3, 0.4) is 0 Å². The summed E-state index contributed by atoms with van der Waals surface area (Å²) < 4.78 is 2.18. The normalized spacial score (nSPS) is 16.8. The number of pyridine rings is 2. The van der Waals surface area contributed by atoms with Gasteiger partial charge in [0.15, 0.2) is 0 Å². The molecule has 0 N–H and O–H groups in total. The second-order valence-corrected chi connectivity index (χ2v) is 6.85. The number of imidazole rings is 1. The lowest BCUT2D eigenvalue weighted by Crippen LogP contribution is -2.29. The third-order valence-electron chi connectivity index (χ3n) is 5.14. The summed E-state index contributed by atoms with van der Waals surface area (Å²) >= 11 is 0. The second kappa shape index (κ2) is 5.70. The minimum Gasteiger partial charge on any atom is -0.355 e. The lowest BCUT2D eigenvalue weighted by Gasteiger charge is -2.22. The van der Waals surface area contributed by atoms with Crippen LogP contribution in [0.1, 0.15) is 6.42 Å². The van der Waals surface area contributed by atoms with E-state index in [1.165, 1.54) is 6.42 Å². The average molecular weight is 331 g/mol. The Morgan fingerprint density at radius 2 is 1.72 bits per heavy atom. The monoisotopic (exact) mass is 331 g/mol. The fraction of sp³-hybridized carbons (Fsp3) is 0.300. The molecule has 5 heteroatoms. The summed E-state index contributed by atoms with van der Waals surface area (Å²) in [5.74, 6) is 1.06. The maximum Gasteiger partial charge on any atom is 0.148 e. The number of hydrogen-bond acceptors (Lipinski definition) is 4. The van der Waals surface area contributed by atoms with E-state index in [1.807, 2.05) is 6.07 Å². The summed E-state index contributed by atoms with van der Waals surface area (Å²) in [5, 5.41) is 1.14. The molecule has 0 unspecified atom stereocenters. The predicted molar refractivity (Wildman–Crippen MR) is 102 cm³/mol. The maximum atomic E-state index is 5.05. The van der Waals surface area contributed by atoms with Gasteiger partial charge in [-0.15, -0.1) is 0 Å². The van der Waals surface area contributed by atoms with E-state index in [-0.39, 0.29) is 0 Å². The van der Waals surface area contributed by atoms with Gasteiger partial charge in [0.2, 0.25) is 0 Å². The van der Waals surface area contributed by atoms with Gasteiger partial charge < -0.3 is 9.80 Å². The van der Waals surface area contributed by atoms with Crippen molar-refractivity contribution in [1.82, 2.24) is 19.3 Å². The third-order valence-corrected chi connectivity index (χ3v) is 5.14. The van der Waals surface area contributed by atoms with E-state index >= 15 is 0 Å². The summed E-state index contributed by atoms with van der Waals surface area (Å²) in [6, 6.07) is 16.8. The summed E-state index contributed by atoms with van der Waals surface area (Å²) in [6.07, 6.45) is 1.18. The van der Waals surface area contributed by atoms with Crippen molar-refractivity contribution in [2.75, 3.05) is 38.1 Å². The first-order chi connectivity index (χ1) is 12.3. The highest BCUT2D eigenvalue weighted by Gasteiger charge is 2.15. The molecule has 5 nitrogen and oxygen atoms in total. The van der Waals surface area contributed by atoms with Gasteiger partial charge >= 0.3 is 0 Å². The molecule has 0 atom stereocenters. The van der Waals surface area contributed by atoms with Crippen molar-refractivity contribution >= 4 is 33.5 Å². The SMILES string of the molecule is CN1CCCN(c2ccc3ccc4nc5ccccc5n4c3n2)CC1. The van der Waals surface area contributed by atoms with Crippen LogP contribution >= 0.6 is 0 Å². The number of benzene rings is 1. The minimum absolute atomic E-state index is 0.953. The molecular formula is C20H21N5. The first-order valence-corrected chi connectivity index (χ1v) is 8.90. The van der Waals surface area contributed by atoms with Crippen molar-refractivity contribution in [3.8, 4) is 0 Å². The van der Waals surface area contributed by atoms with Crippen molar-refractivity contribution in [3.05, 3.63) is 48.5 Å². The van der Waals surface area contributed by atoms with Crippen LogP contribution in [0.25, 0.3) is 27.7 Å². The van der Waals surface area contributed by atoms with Crippen molar-refractivity contribution in [1.29, 1.82) is 0 Å². The lowest BCUT2D eigenvalue weighted by atomic mass is 10.2. The molecule has 4 aromatic rings. The standard InChI is InChI=1S/C20H21N5/c1-23-11-4-12-24(14-13-23)18-9-7-15-8-10-19-21-16-5-2-3-6-17(16)25(19)20(15)22-18/h2-3,5-10H,4,11-14H2,1H3. The molecule has 1 fully saturated rings. The highest BCUT2D eigenvalue weighted by atomic mass is 15.2. The molecule has 25 heavy (non-hydrogen) atoms. The quantitative estimate of drug-likeness (QED) is 0.537. The van der Waals surface area contributed by atoms with Crippen LogP contribution in [0.15, 0.2) is 48.5 Å². The highest BCUT2D eigenvalue weighted by Crippen LogP contribution is 2.24. The first-order valence-electron chi connectivity index (χ1n) is 8.90. The Morgan fingerprint density at radius 1 is 0.840 bits per heavy atom. The second-order valence-electron chi connectivity index (χ2n) is 6.85. The number of fused-ring (bicyclic) bond motifs is 5. The first kappa shape index (κ1) is 14.7. The zero-order valence-corrected chi connectivity index (χ0v) is 14.4. The number of aromatic nitrogens is 3. The number of likely N-dealkylation sites (N-methyl/N-ethyl adjacent to an activating group) is 1. The van der Waals surface area contributed by atoms with Gasteiger partial charge in [0, 0.05) is 25.0 Å². The fourth-order valence-corrected chi connectivity index (χ4v) is 3.75. The van der Waals surface area contributed by atoms with E-state index in [2.05, 4.69) is 63.7 Å². The van der Waals surface area contributed by atoms with Crippen LogP contribution in [0.2, 0.25) is 0 Å². The van der Waals surface area contributed by atoms with Gasteiger partial charge in [-0.25, -0.2) is 9.97 Å². The van der Waals surface area contributed by atoms with Gasteiger partial charge in [-0.05, 0) is 56.4 Å². The van der Waals surface area contributed by atoms with E-state index in [9.17, 15) is 0 Å². The molecule has 1 aliphatic heterocycles. The van der Waals surface area contributed by atoms with Crippen LogP contribution in [-0.4, -0.2) is 52.5 Å². The molecule has 1 saturated heterocycles. The Kier molecular flexibility index (Phi) is 3.35. The van der Waals surface area contributed by atoms with E-state index in [0.29, 0.717) is 0 Å². The van der Waals surface area contributed by atoms with Gasteiger partial charge in [0.25, 0.3) is 0 Å². The Hall–Kier alpha value is -2.66. The van der Waals surface area contributed by atoms with Crippen molar-refractivity contribution in [2.45, 2.75) is 6.42 Å². The Bertz CT molecular complexity index is 1070. The molecule has 0 saturated carbocycles. The molecule has 0 spiro atoms. The van der Waals surface area contributed by atoms with Crippen LogP contribution in [0.5, 0.6) is 0 Å². The smallest absolute Gasteiger partial charge is 0.148 e. The summed E-state index contributed by atoms with van der Waals surface area (Å²) in [7, 11) is 2.19. The molecule has 0 radical (unpaired) electrons. The molecule has 1 aromatic carbocycles. The highest BCUT2D eigenvalue weighted by molar-refractivity contribution is 5.89. The summed E-state index contributed by atoms with van der Waals surface area (Å²) in [6.45, 7) is 4.32. The van der Waals surface area contributed by atoms with Crippen molar-refractivity contribution < 1.29 is 0 Å². The van der Waals surface area contributed by atoms with Gasteiger partial charge in [0.05, 0.1) is 11.0 Å². The van der Waals surface area contributed by atoms with E-state index in [4.69, 9.17) is 9.97 Å². The Labute approximate surface area is 146 Å². The number of rotatable bonds is 1. The summed E-state index contributed by atoms with van der Waals surface area (Å²) in [5.41, 5.74) is 4.07. The van der Waals surface area contributed by atoms with Crippen molar-refractivity contribution in [3.63, 3.8) is 0 Å². The third kappa shape index (κ3) is 2.43. The summed E-state index contributed by atoms with van der Waals surface area (Å²) in [4.78, 5) is 14.6. The Balaban J connectivity index is 1.70. The minimum atomic E-state index is 0.953. The number of para-hydroxylation sites is 2. The number of anilines is 1.